The van der Waals surface area contributed by atoms with E-state index in [1.54, 1.807) is 13.2 Å². The molecule has 2 aromatic rings. The Balaban J connectivity index is 1.46. The van der Waals surface area contributed by atoms with Crippen LogP contribution >= 0.6 is 11.8 Å². The van der Waals surface area contributed by atoms with Crippen LogP contribution in [0.15, 0.2) is 58.3 Å². The van der Waals surface area contributed by atoms with Gasteiger partial charge in [0.2, 0.25) is 5.17 Å². The molecule has 7 nitrogen and oxygen atoms in total. The Morgan fingerprint density at radius 1 is 1.19 bits per heavy atom. The standard InChI is InChI=1S/C23H23N5O2S/c1-30-18-11-5-9-16(13-18)27-12-6-10-17(27)14-19-20(24)28-23(25-21(19)29)31-22(26-28)15-7-3-2-4-8-15/h5-6,9-15,24H,2-4,7-8H2,1H3/b19-14-,24-20?. The second kappa shape index (κ2) is 8.19. The van der Waals surface area contributed by atoms with Crippen LogP contribution in [-0.4, -0.2) is 38.6 Å². The molecule has 0 saturated heterocycles. The number of fused-ring (bicyclic) bond motifs is 1. The second-order valence-corrected chi connectivity index (χ2v) is 8.79. The van der Waals surface area contributed by atoms with Crippen molar-refractivity contribution >= 4 is 39.8 Å². The number of amidine groups is 2. The number of aliphatic imine (C=N–C) groups is 1. The average Bonchev–Trinajstić information content (AvgIpc) is 3.44. The van der Waals surface area contributed by atoms with Crippen LogP contribution in [0.4, 0.5) is 0 Å². The van der Waals surface area contributed by atoms with Crippen LogP contribution in [0, 0.1) is 11.3 Å². The summed E-state index contributed by atoms with van der Waals surface area (Å²) in [7, 11) is 1.63. The topological polar surface area (TPSA) is 83.0 Å². The summed E-state index contributed by atoms with van der Waals surface area (Å²) >= 11 is 1.44. The van der Waals surface area contributed by atoms with Crippen molar-refractivity contribution < 1.29 is 9.53 Å². The van der Waals surface area contributed by atoms with E-state index < -0.39 is 5.91 Å². The van der Waals surface area contributed by atoms with E-state index >= 15 is 0 Å². The van der Waals surface area contributed by atoms with Gasteiger partial charge in [-0.05, 0) is 54.9 Å². The lowest BCUT2D eigenvalue weighted by molar-refractivity contribution is -0.114. The van der Waals surface area contributed by atoms with E-state index in [1.807, 2.05) is 47.2 Å². The highest BCUT2D eigenvalue weighted by Gasteiger charge is 2.38. The van der Waals surface area contributed by atoms with Gasteiger partial charge in [0.1, 0.15) is 10.8 Å². The molecule has 1 aromatic heterocycles. The number of aromatic nitrogens is 1. The van der Waals surface area contributed by atoms with E-state index in [0.29, 0.717) is 11.1 Å². The van der Waals surface area contributed by atoms with Crippen LogP contribution in [0.2, 0.25) is 0 Å². The number of amides is 1. The highest BCUT2D eigenvalue weighted by Crippen LogP contribution is 2.36. The minimum Gasteiger partial charge on any atom is -0.497 e. The SMILES string of the molecule is COc1cccc(-n2cccc2/C=C2/C(=N)N3N=C(C4CCCCC4)SC3=NC2=O)c1. The van der Waals surface area contributed by atoms with Crippen LogP contribution in [0.3, 0.4) is 0 Å². The molecule has 0 radical (unpaired) electrons. The van der Waals surface area contributed by atoms with Gasteiger partial charge in [-0.3, -0.25) is 10.2 Å². The number of hydrazone groups is 1. The molecule has 1 amide bonds. The predicted molar refractivity (Wildman–Crippen MR) is 124 cm³/mol. The number of nitrogens with zero attached hydrogens (tertiary/aromatic N) is 4. The predicted octanol–water partition coefficient (Wildman–Crippen LogP) is 4.69. The molecular weight excluding hydrogens is 410 g/mol. The molecule has 1 fully saturated rings. The van der Waals surface area contributed by atoms with Crippen molar-refractivity contribution in [2.45, 2.75) is 32.1 Å². The van der Waals surface area contributed by atoms with Gasteiger partial charge in [0.15, 0.2) is 5.84 Å². The van der Waals surface area contributed by atoms with Crippen molar-refractivity contribution in [3.05, 3.63) is 53.9 Å². The molecule has 1 aliphatic carbocycles. The van der Waals surface area contributed by atoms with E-state index in [9.17, 15) is 4.79 Å². The lowest BCUT2D eigenvalue weighted by Crippen LogP contribution is -2.35. The molecule has 0 bridgehead atoms. The van der Waals surface area contributed by atoms with Gasteiger partial charge in [0.05, 0.1) is 12.7 Å². The third-order valence-electron chi connectivity index (χ3n) is 5.83. The molecule has 1 N–H and O–H groups in total. The number of hydrogen-bond acceptors (Lipinski definition) is 5. The van der Waals surface area contributed by atoms with E-state index in [0.717, 1.165) is 35.0 Å². The quantitative estimate of drug-likeness (QED) is 0.710. The van der Waals surface area contributed by atoms with E-state index in [-0.39, 0.29) is 11.4 Å². The zero-order chi connectivity index (χ0) is 21.4. The van der Waals surface area contributed by atoms with Gasteiger partial charge in [0, 0.05) is 29.6 Å². The third kappa shape index (κ3) is 3.72. The van der Waals surface area contributed by atoms with E-state index in [4.69, 9.17) is 10.1 Å². The van der Waals surface area contributed by atoms with Gasteiger partial charge in [-0.15, -0.1) is 0 Å². The molecule has 0 unspecified atom stereocenters. The second-order valence-electron chi connectivity index (χ2n) is 7.80. The van der Waals surface area contributed by atoms with Gasteiger partial charge in [-0.25, -0.2) is 0 Å². The number of benzene rings is 1. The summed E-state index contributed by atoms with van der Waals surface area (Å²) in [6, 6.07) is 11.5. The normalized spacial score (nSPS) is 20.7. The summed E-state index contributed by atoms with van der Waals surface area (Å²) in [6.07, 6.45) is 9.54. The first-order valence-electron chi connectivity index (χ1n) is 10.5. The number of nitrogens with one attached hydrogen (secondary N) is 1. The fourth-order valence-corrected chi connectivity index (χ4v) is 5.24. The first kappa shape index (κ1) is 19.8. The highest BCUT2D eigenvalue weighted by molar-refractivity contribution is 8.27. The van der Waals surface area contributed by atoms with Gasteiger partial charge < -0.3 is 9.30 Å². The molecule has 31 heavy (non-hydrogen) atoms. The molecule has 1 saturated carbocycles. The molecular formula is C23H23N5O2S. The molecule has 1 aromatic carbocycles. The van der Waals surface area contributed by atoms with Gasteiger partial charge >= 0.3 is 0 Å². The average molecular weight is 434 g/mol. The fraction of sp³-hybridized carbons (Fsp3) is 0.304. The van der Waals surface area contributed by atoms with Gasteiger partial charge in [-0.2, -0.15) is 15.1 Å². The molecule has 0 atom stereocenters. The molecule has 158 valence electrons. The number of hydrogen-bond donors (Lipinski definition) is 1. The van der Waals surface area contributed by atoms with E-state index in [1.165, 1.54) is 36.0 Å². The Kier molecular flexibility index (Phi) is 5.23. The van der Waals surface area contributed by atoms with Crippen molar-refractivity contribution in [3.8, 4) is 11.4 Å². The van der Waals surface area contributed by atoms with E-state index in [2.05, 4.69) is 10.1 Å². The summed E-state index contributed by atoms with van der Waals surface area (Å²) < 4.78 is 7.27. The number of carbonyl (C=O) groups is 1. The minimum absolute atomic E-state index is 0.0756. The minimum atomic E-state index is -0.401. The summed E-state index contributed by atoms with van der Waals surface area (Å²) in [6.45, 7) is 0. The zero-order valence-corrected chi connectivity index (χ0v) is 18.1. The summed E-state index contributed by atoms with van der Waals surface area (Å²) in [4.78, 5) is 17.0. The number of carbonyl (C=O) groups excluding carboxylic acids is 1. The van der Waals surface area contributed by atoms with Gasteiger partial charge in [-0.1, -0.05) is 25.3 Å². The zero-order valence-electron chi connectivity index (χ0n) is 17.2. The molecule has 2 aliphatic heterocycles. The maximum Gasteiger partial charge on any atom is 0.283 e. The maximum absolute atomic E-state index is 12.8. The van der Waals surface area contributed by atoms with Crippen LogP contribution in [0.25, 0.3) is 11.8 Å². The van der Waals surface area contributed by atoms with Crippen LogP contribution in [-0.2, 0) is 4.79 Å². The highest BCUT2D eigenvalue weighted by atomic mass is 32.2. The monoisotopic (exact) mass is 433 g/mol. The lowest BCUT2D eigenvalue weighted by Gasteiger charge is -2.20. The summed E-state index contributed by atoms with van der Waals surface area (Å²) in [5.74, 6) is 0.834. The van der Waals surface area contributed by atoms with Crippen molar-refractivity contribution in [1.29, 1.82) is 5.41 Å². The first-order valence-corrected chi connectivity index (χ1v) is 11.3. The molecule has 3 heterocycles. The fourth-order valence-electron chi connectivity index (χ4n) is 4.18. The maximum atomic E-state index is 12.8. The largest absolute Gasteiger partial charge is 0.497 e. The van der Waals surface area contributed by atoms with Crippen molar-refractivity contribution in [2.75, 3.05) is 7.11 Å². The number of rotatable bonds is 4. The third-order valence-corrected chi connectivity index (χ3v) is 6.90. The molecule has 3 aliphatic rings. The first-order chi connectivity index (χ1) is 15.1. The molecule has 8 heteroatoms. The number of methoxy groups -OCH3 is 1. The Hall–Kier alpha value is -3.13. The van der Waals surface area contributed by atoms with Gasteiger partial charge in [0.25, 0.3) is 5.91 Å². The Labute approximate surface area is 185 Å². The van der Waals surface area contributed by atoms with Crippen LogP contribution in [0.5, 0.6) is 5.75 Å². The van der Waals surface area contributed by atoms with Crippen molar-refractivity contribution in [3.63, 3.8) is 0 Å². The van der Waals surface area contributed by atoms with Crippen LogP contribution in [0.1, 0.15) is 37.8 Å². The Morgan fingerprint density at radius 3 is 2.84 bits per heavy atom. The lowest BCUT2D eigenvalue weighted by atomic mass is 9.90. The Morgan fingerprint density at radius 2 is 2.03 bits per heavy atom. The van der Waals surface area contributed by atoms with Crippen molar-refractivity contribution in [2.24, 2.45) is 16.0 Å². The van der Waals surface area contributed by atoms with Crippen LogP contribution < -0.4 is 4.74 Å². The van der Waals surface area contributed by atoms with Crippen molar-refractivity contribution in [1.82, 2.24) is 9.58 Å². The molecule has 5 rings (SSSR count). The molecule has 0 spiro atoms. The number of thioether (sulfide) groups is 1. The smallest absolute Gasteiger partial charge is 0.283 e. The Bertz CT molecular complexity index is 1140. The summed E-state index contributed by atoms with van der Waals surface area (Å²) in [5.41, 5.74) is 1.92. The summed E-state index contributed by atoms with van der Waals surface area (Å²) in [5, 5.41) is 16.3. The number of ether oxygens (including phenoxy) is 1.